The molecule has 5 unspecified atom stereocenters. The predicted molar refractivity (Wildman–Crippen MR) is 135 cm³/mol. The Morgan fingerprint density at radius 2 is 1.73 bits per heavy atom. The number of nitrogens with one attached hydrogen (secondary N) is 2. The van der Waals surface area contributed by atoms with Gasteiger partial charge in [0.2, 0.25) is 0 Å². The normalized spacial score (nSPS) is 27.7. The van der Waals surface area contributed by atoms with E-state index >= 15 is 0 Å². The highest BCUT2D eigenvalue weighted by atomic mass is 35.5. The molecule has 37 heavy (non-hydrogen) atoms. The molecule has 2 aliphatic carbocycles. The van der Waals surface area contributed by atoms with Crippen molar-refractivity contribution in [1.29, 1.82) is 0 Å². The molecule has 0 spiro atoms. The van der Waals surface area contributed by atoms with Crippen LogP contribution in [-0.2, 0) is 4.79 Å². The molecular formula is C27H30ClF3N2O4. The number of hydrogen-bond donors (Lipinski definition) is 4. The van der Waals surface area contributed by atoms with Crippen LogP contribution in [0.4, 0.5) is 29.3 Å². The van der Waals surface area contributed by atoms with E-state index in [0.717, 1.165) is 12.0 Å². The summed E-state index contributed by atoms with van der Waals surface area (Å²) >= 11 is 5.94. The smallest absolute Gasteiger partial charge is 0.389 e. The van der Waals surface area contributed by atoms with Crippen molar-refractivity contribution in [3.63, 3.8) is 0 Å². The Kier molecular flexibility index (Phi) is 8.04. The summed E-state index contributed by atoms with van der Waals surface area (Å²) in [6.45, 7) is 0. The van der Waals surface area contributed by atoms with Crippen LogP contribution in [0, 0.1) is 17.3 Å². The SMILES string of the molecule is O=C(O)CC1(CC(F)(F)F)CCC2CC(c3ccc(NC(=O)Nc4cccc(Cl)c4)cc3)CCC2C1O. The molecule has 2 aromatic rings. The molecular weight excluding hydrogens is 509 g/mol. The second-order valence-corrected chi connectivity index (χ2v) is 10.8. The summed E-state index contributed by atoms with van der Waals surface area (Å²) in [6.07, 6.45) is -5.34. The third-order valence-corrected chi connectivity index (χ3v) is 8.10. The lowest BCUT2D eigenvalue weighted by Gasteiger charge is -2.51. The lowest BCUT2D eigenvalue weighted by molar-refractivity contribution is -0.200. The fraction of sp³-hybridized carbons (Fsp3) is 0.481. The monoisotopic (exact) mass is 538 g/mol. The summed E-state index contributed by atoms with van der Waals surface area (Å²) in [5.41, 5.74) is 0.564. The second kappa shape index (κ2) is 10.9. The zero-order valence-electron chi connectivity index (χ0n) is 20.1. The van der Waals surface area contributed by atoms with E-state index in [1.807, 2.05) is 12.1 Å². The highest BCUT2D eigenvalue weighted by Gasteiger charge is 2.55. The number of aliphatic hydroxyl groups is 1. The van der Waals surface area contributed by atoms with Crippen molar-refractivity contribution < 1.29 is 33.0 Å². The van der Waals surface area contributed by atoms with Crippen molar-refractivity contribution in [3.05, 3.63) is 59.1 Å². The van der Waals surface area contributed by atoms with E-state index < -0.39 is 42.5 Å². The molecule has 6 nitrogen and oxygen atoms in total. The molecule has 4 N–H and O–H groups in total. The van der Waals surface area contributed by atoms with Crippen LogP contribution in [0.1, 0.15) is 56.4 Å². The van der Waals surface area contributed by atoms with Gasteiger partial charge in [0, 0.05) is 21.8 Å². The number of benzene rings is 2. The molecule has 2 fully saturated rings. The van der Waals surface area contributed by atoms with Gasteiger partial charge in [-0.3, -0.25) is 4.79 Å². The summed E-state index contributed by atoms with van der Waals surface area (Å²) in [7, 11) is 0. The van der Waals surface area contributed by atoms with Crippen molar-refractivity contribution in [2.75, 3.05) is 10.6 Å². The molecule has 0 saturated heterocycles. The second-order valence-electron chi connectivity index (χ2n) is 10.4. The first-order valence-corrected chi connectivity index (χ1v) is 12.7. The summed E-state index contributed by atoms with van der Waals surface area (Å²) in [6, 6.07) is 13.9. The van der Waals surface area contributed by atoms with Crippen LogP contribution >= 0.6 is 11.6 Å². The van der Waals surface area contributed by atoms with Gasteiger partial charge in [0.1, 0.15) is 0 Å². The van der Waals surface area contributed by atoms with E-state index in [9.17, 15) is 33.0 Å². The van der Waals surface area contributed by atoms with E-state index in [0.29, 0.717) is 35.7 Å². The van der Waals surface area contributed by atoms with Crippen LogP contribution in [-0.4, -0.2) is 34.5 Å². The lowest BCUT2D eigenvalue weighted by atomic mass is 9.55. The van der Waals surface area contributed by atoms with Crippen molar-refractivity contribution in [2.45, 2.75) is 63.1 Å². The minimum atomic E-state index is -4.54. The topological polar surface area (TPSA) is 98.7 Å². The van der Waals surface area contributed by atoms with Crippen LogP contribution in [0.15, 0.2) is 48.5 Å². The Labute approximate surface area is 218 Å². The van der Waals surface area contributed by atoms with Gasteiger partial charge in [-0.25, -0.2) is 4.79 Å². The number of amides is 2. The Morgan fingerprint density at radius 3 is 2.38 bits per heavy atom. The minimum Gasteiger partial charge on any atom is -0.481 e. The first-order valence-electron chi connectivity index (χ1n) is 12.3. The van der Waals surface area contributed by atoms with Gasteiger partial charge in [0.05, 0.1) is 18.9 Å². The number of alkyl halides is 3. The van der Waals surface area contributed by atoms with Crippen molar-refractivity contribution in [1.82, 2.24) is 0 Å². The Morgan fingerprint density at radius 1 is 1.03 bits per heavy atom. The van der Waals surface area contributed by atoms with Crippen molar-refractivity contribution >= 4 is 35.0 Å². The number of carbonyl (C=O) groups excluding carboxylic acids is 1. The van der Waals surface area contributed by atoms with E-state index in [1.54, 1.807) is 36.4 Å². The number of carbonyl (C=O) groups is 2. The molecule has 0 aromatic heterocycles. The number of fused-ring (bicyclic) bond motifs is 1. The van der Waals surface area contributed by atoms with E-state index in [4.69, 9.17) is 11.6 Å². The zero-order valence-corrected chi connectivity index (χ0v) is 20.9. The van der Waals surface area contributed by atoms with Gasteiger partial charge in [-0.1, -0.05) is 29.8 Å². The number of aliphatic carboxylic acids is 1. The Hall–Kier alpha value is -2.78. The van der Waals surface area contributed by atoms with Crippen molar-refractivity contribution in [3.8, 4) is 0 Å². The molecule has 4 rings (SSSR count). The minimum absolute atomic E-state index is 0.0326. The number of aliphatic hydroxyl groups excluding tert-OH is 1. The summed E-state index contributed by atoms with van der Waals surface area (Å²) in [5, 5.41) is 26.3. The molecule has 0 radical (unpaired) electrons. The number of urea groups is 1. The van der Waals surface area contributed by atoms with Crippen LogP contribution in [0.2, 0.25) is 5.02 Å². The molecule has 0 aliphatic heterocycles. The largest absolute Gasteiger partial charge is 0.481 e. The average molecular weight is 539 g/mol. The molecule has 200 valence electrons. The standard InChI is InChI=1S/C27H30ClF3N2O4/c28-19-2-1-3-21(13-19)33-25(37)32-20-7-4-16(5-8-20)17-6-9-22-18(12-17)10-11-26(24(22)36,14-23(34)35)15-27(29,30)31/h1-5,7-8,13,17-18,22,24,36H,6,9-12,14-15H2,(H,34,35)(H2,32,33,37). The molecule has 2 saturated carbocycles. The van der Waals surface area contributed by atoms with Crippen LogP contribution in [0.3, 0.4) is 0 Å². The van der Waals surface area contributed by atoms with Gasteiger partial charge in [0.25, 0.3) is 0 Å². The van der Waals surface area contributed by atoms with Crippen molar-refractivity contribution in [2.24, 2.45) is 17.3 Å². The maximum absolute atomic E-state index is 13.3. The molecule has 2 aliphatic rings. The van der Waals surface area contributed by atoms with Crippen LogP contribution in [0.5, 0.6) is 0 Å². The van der Waals surface area contributed by atoms with Gasteiger partial charge >= 0.3 is 18.2 Å². The van der Waals surface area contributed by atoms with E-state index in [-0.39, 0.29) is 24.2 Å². The molecule has 0 heterocycles. The Balaban J connectivity index is 1.37. The van der Waals surface area contributed by atoms with Crippen LogP contribution in [0.25, 0.3) is 0 Å². The lowest BCUT2D eigenvalue weighted by Crippen LogP contribution is -2.51. The van der Waals surface area contributed by atoms with E-state index in [2.05, 4.69) is 10.6 Å². The summed E-state index contributed by atoms with van der Waals surface area (Å²) in [4.78, 5) is 23.7. The number of hydrogen-bond acceptors (Lipinski definition) is 3. The number of carboxylic acid groups (broad SMARTS) is 1. The first-order chi connectivity index (χ1) is 17.4. The highest BCUT2D eigenvalue weighted by Crippen LogP contribution is 2.55. The van der Waals surface area contributed by atoms with E-state index in [1.165, 1.54) is 0 Å². The van der Waals surface area contributed by atoms with Gasteiger partial charge in [-0.05, 0) is 85.8 Å². The van der Waals surface area contributed by atoms with Gasteiger partial charge < -0.3 is 20.8 Å². The Bertz CT molecular complexity index is 1130. The fourth-order valence-electron chi connectivity index (χ4n) is 6.26. The third kappa shape index (κ3) is 6.76. The van der Waals surface area contributed by atoms with Gasteiger partial charge in [-0.2, -0.15) is 13.2 Å². The molecule has 10 heteroatoms. The molecule has 2 amide bonds. The molecule has 5 atom stereocenters. The average Bonchev–Trinajstić information content (AvgIpc) is 2.80. The number of anilines is 2. The zero-order chi connectivity index (χ0) is 26.8. The molecule has 0 bridgehead atoms. The van der Waals surface area contributed by atoms with Gasteiger partial charge in [0.15, 0.2) is 0 Å². The maximum atomic E-state index is 13.3. The third-order valence-electron chi connectivity index (χ3n) is 7.87. The maximum Gasteiger partial charge on any atom is 0.389 e. The fourth-order valence-corrected chi connectivity index (χ4v) is 6.45. The number of carboxylic acids is 1. The quantitative estimate of drug-likeness (QED) is 0.316. The van der Waals surface area contributed by atoms with Gasteiger partial charge in [-0.15, -0.1) is 0 Å². The molecule has 2 aromatic carbocycles. The van der Waals surface area contributed by atoms with Crippen LogP contribution < -0.4 is 10.6 Å². The number of rotatable bonds is 6. The highest BCUT2D eigenvalue weighted by molar-refractivity contribution is 6.30. The summed E-state index contributed by atoms with van der Waals surface area (Å²) < 4.78 is 39.9. The number of halogens is 4. The summed E-state index contributed by atoms with van der Waals surface area (Å²) in [5.74, 6) is -1.45. The predicted octanol–water partition coefficient (Wildman–Crippen LogP) is 7.05. The first kappa shape index (κ1) is 27.3.